The van der Waals surface area contributed by atoms with Crippen molar-refractivity contribution in [1.82, 2.24) is 5.32 Å². The molecule has 0 saturated heterocycles. The predicted molar refractivity (Wildman–Crippen MR) is 68.0 cm³/mol. The van der Waals surface area contributed by atoms with Crippen LogP contribution in [0.15, 0.2) is 18.2 Å². The molecular weight excluding hydrogens is 232 g/mol. The van der Waals surface area contributed by atoms with E-state index < -0.39 is 0 Å². The zero-order valence-electron chi connectivity index (χ0n) is 10.4. The molecule has 0 aromatic heterocycles. The second kappa shape index (κ2) is 5.73. The quantitative estimate of drug-likeness (QED) is 0.833. The molecule has 1 unspecified atom stereocenters. The molecule has 0 saturated carbocycles. The van der Waals surface area contributed by atoms with Crippen LogP contribution in [0.5, 0.6) is 11.5 Å². The summed E-state index contributed by atoms with van der Waals surface area (Å²) in [7, 11) is 0. The monoisotopic (exact) mass is 250 g/mol. The fourth-order valence-electron chi connectivity index (χ4n) is 1.76. The van der Waals surface area contributed by atoms with Gasteiger partial charge in [0.2, 0.25) is 0 Å². The molecular formula is C13H18N2O3. The number of para-hydroxylation sites is 1. The highest BCUT2D eigenvalue weighted by Crippen LogP contribution is 2.33. The molecule has 5 nitrogen and oxygen atoms in total. The van der Waals surface area contributed by atoms with Crippen LogP contribution in [-0.4, -0.2) is 31.7 Å². The molecule has 0 spiro atoms. The first-order chi connectivity index (χ1) is 8.68. The lowest BCUT2D eigenvalue weighted by molar-refractivity contribution is 0.0941. The Hall–Kier alpha value is -1.75. The van der Waals surface area contributed by atoms with Crippen LogP contribution in [0.2, 0.25) is 0 Å². The number of amides is 1. The number of hydrogen-bond donors (Lipinski definition) is 2. The second-order valence-electron chi connectivity index (χ2n) is 4.35. The summed E-state index contributed by atoms with van der Waals surface area (Å²) >= 11 is 0. The van der Waals surface area contributed by atoms with Crippen LogP contribution in [0.4, 0.5) is 0 Å². The summed E-state index contributed by atoms with van der Waals surface area (Å²) in [5, 5.41) is 2.83. The fourth-order valence-corrected chi connectivity index (χ4v) is 1.76. The molecule has 0 bridgehead atoms. The molecule has 1 amide bonds. The van der Waals surface area contributed by atoms with E-state index in [1.807, 2.05) is 6.92 Å². The SMILES string of the molecule is CC(N)CCNC(=O)c1cccc2c1OCCO2. The second-order valence-corrected chi connectivity index (χ2v) is 4.35. The number of benzene rings is 1. The van der Waals surface area contributed by atoms with Gasteiger partial charge in [0.1, 0.15) is 13.2 Å². The summed E-state index contributed by atoms with van der Waals surface area (Å²) in [4.78, 5) is 12.0. The van der Waals surface area contributed by atoms with Crippen molar-refractivity contribution in [3.63, 3.8) is 0 Å². The van der Waals surface area contributed by atoms with Crippen molar-refractivity contribution in [1.29, 1.82) is 0 Å². The van der Waals surface area contributed by atoms with Gasteiger partial charge in [0.05, 0.1) is 5.56 Å². The summed E-state index contributed by atoms with van der Waals surface area (Å²) in [5.41, 5.74) is 6.14. The van der Waals surface area contributed by atoms with Crippen LogP contribution < -0.4 is 20.5 Å². The van der Waals surface area contributed by atoms with Crippen LogP contribution in [0.1, 0.15) is 23.7 Å². The largest absolute Gasteiger partial charge is 0.486 e. The zero-order chi connectivity index (χ0) is 13.0. The standard InChI is InChI=1S/C13H18N2O3/c1-9(14)5-6-15-13(16)10-3-2-4-11-12(10)18-8-7-17-11/h2-4,9H,5-8,14H2,1H3,(H,15,16). The van der Waals surface area contributed by atoms with Crippen molar-refractivity contribution in [2.75, 3.05) is 19.8 Å². The molecule has 1 atom stereocenters. The lowest BCUT2D eigenvalue weighted by atomic mass is 10.1. The highest BCUT2D eigenvalue weighted by molar-refractivity contribution is 5.97. The third-order valence-electron chi connectivity index (χ3n) is 2.70. The van der Waals surface area contributed by atoms with Crippen LogP contribution >= 0.6 is 0 Å². The molecule has 1 heterocycles. The Kier molecular flexibility index (Phi) is 4.04. The maximum atomic E-state index is 12.0. The Labute approximate surface area is 106 Å². The van der Waals surface area contributed by atoms with Crippen LogP contribution in [-0.2, 0) is 0 Å². The molecule has 1 aromatic rings. The van der Waals surface area contributed by atoms with E-state index in [9.17, 15) is 4.79 Å². The van der Waals surface area contributed by atoms with Gasteiger partial charge in [-0.25, -0.2) is 0 Å². The molecule has 3 N–H and O–H groups in total. The Bertz CT molecular complexity index is 432. The smallest absolute Gasteiger partial charge is 0.255 e. The summed E-state index contributed by atoms with van der Waals surface area (Å²) in [6, 6.07) is 5.39. The number of ether oxygens (including phenoxy) is 2. The third kappa shape index (κ3) is 2.92. The summed E-state index contributed by atoms with van der Waals surface area (Å²) in [6.07, 6.45) is 0.748. The first kappa shape index (κ1) is 12.7. The molecule has 2 rings (SSSR count). The third-order valence-corrected chi connectivity index (χ3v) is 2.70. The average molecular weight is 250 g/mol. The minimum absolute atomic E-state index is 0.0783. The number of carbonyl (C=O) groups excluding carboxylic acids is 1. The summed E-state index contributed by atoms with van der Waals surface area (Å²) < 4.78 is 10.9. The molecule has 1 aliphatic rings. The molecule has 0 radical (unpaired) electrons. The van der Waals surface area contributed by atoms with Gasteiger partial charge < -0.3 is 20.5 Å². The lowest BCUT2D eigenvalue weighted by Crippen LogP contribution is -2.30. The first-order valence-corrected chi connectivity index (χ1v) is 6.11. The maximum absolute atomic E-state index is 12.0. The number of nitrogens with two attached hydrogens (primary N) is 1. The number of rotatable bonds is 4. The minimum Gasteiger partial charge on any atom is -0.486 e. The van der Waals surface area contributed by atoms with E-state index >= 15 is 0 Å². The Morgan fingerprint density at radius 1 is 1.44 bits per heavy atom. The topological polar surface area (TPSA) is 73.6 Å². The van der Waals surface area contributed by atoms with E-state index in [0.29, 0.717) is 36.8 Å². The van der Waals surface area contributed by atoms with Gasteiger partial charge in [-0.3, -0.25) is 4.79 Å². The Morgan fingerprint density at radius 3 is 3.00 bits per heavy atom. The molecule has 1 aromatic carbocycles. The van der Waals surface area contributed by atoms with Crippen molar-refractivity contribution in [2.45, 2.75) is 19.4 Å². The van der Waals surface area contributed by atoms with Crippen LogP contribution in [0.3, 0.4) is 0 Å². The highest BCUT2D eigenvalue weighted by Gasteiger charge is 2.19. The van der Waals surface area contributed by atoms with Crippen molar-refractivity contribution >= 4 is 5.91 Å². The molecule has 98 valence electrons. The molecule has 18 heavy (non-hydrogen) atoms. The molecule has 0 fully saturated rings. The maximum Gasteiger partial charge on any atom is 0.255 e. The predicted octanol–water partition coefficient (Wildman–Crippen LogP) is 0.925. The van der Waals surface area contributed by atoms with Crippen molar-refractivity contribution in [3.05, 3.63) is 23.8 Å². The Balaban J connectivity index is 2.06. The van der Waals surface area contributed by atoms with Crippen LogP contribution in [0.25, 0.3) is 0 Å². The van der Waals surface area contributed by atoms with E-state index in [4.69, 9.17) is 15.2 Å². The number of nitrogens with one attached hydrogen (secondary N) is 1. The van der Waals surface area contributed by atoms with E-state index in [2.05, 4.69) is 5.32 Å². The lowest BCUT2D eigenvalue weighted by Gasteiger charge is -2.20. The number of hydrogen-bond acceptors (Lipinski definition) is 4. The van der Waals surface area contributed by atoms with E-state index in [-0.39, 0.29) is 11.9 Å². The van der Waals surface area contributed by atoms with Gasteiger partial charge in [-0.15, -0.1) is 0 Å². The van der Waals surface area contributed by atoms with Crippen LogP contribution in [0, 0.1) is 0 Å². The molecule has 1 aliphatic heterocycles. The minimum atomic E-state index is -0.155. The van der Waals surface area contributed by atoms with Gasteiger partial charge in [-0.2, -0.15) is 0 Å². The van der Waals surface area contributed by atoms with Crippen molar-refractivity contribution < 1.29 is 14.3 Å². The van der Waals surface area contributed by atoms with Crippen molar-refractivity contribution in [3.8, 4) is 11.5 Å². The highest BCUT2D eigenvalue weighted by atomic mass is 16.6. The van der Waals surface area contributed by atoms with Gasteiger partial charge in [0.25, 0.3) is 5.91 Å². The van der Waals surface area contributed by atoms with Gasteiger partial charge in [-0.1, -0.05) is 6.07 Å². The summed E-state index contributed by atoms with van der Waals surface area (Å²) in [6.45, 7) is 3.45. The number of fused-ring (bicyclic) bond motifs is 1. The normalized spacial score (nSPS) is 15.0. The van der Waals surface area contributed by atoms with Gasteiger partial charge >= 0.3 is 0 Å². The van der Waals surface area contributed by atoms with Gasteiger partial charge in [-0.05, 0) is 25.5 Å². The zero-order valence-corrected chi connectivity index (χ0v) is 10.4. The molecule has 5 heteroatoms. The number of carbonyl (C=O) groups is 1. The fraction of sp³-hybridized carbons (Fsp3) is 0.462. The Morgan fingerprint density at radius 2 is 2.22 bits per heavy atom. The average Bonchev–Trinajstić information content (AvgIpc) is 2.37. The van der Waals surface area contributed by atoms with Gasteiger partial charge in [0.15, 0.2) is 11.5 Å². The first-order valence-electron chi connectivity index (χ1n) is 6.11. The molecule has 0 aliphatic carbocycles. The van der Waals surface area contributed by atoms with E-state index in [0.717, 1.165) is 6.42 Å². The summed E-state index contributed by atoms with van der Waals surface area (Å²) in [5.74, 6) is 1.00. The van der Waals surface area contributed by atoms with Gasteiger partial charge in [0, 0.05) is 12.6 Å². The van der Waals surface area contributed by atoms with Crippen molar-refractivity contribution in [2.24, 2.45) is 5.73 Å². The van der Waals surface area contributed by atoms with E-state index in [1.165, 1.54) is 0 Å². The van der Waals surface area contributed by atoms with E-state index in [1.54, 1.807) is 18.2 Å².